The molecule has 0 amide bonds. The number of ether oxygens (including phenoxy) is 2. The number of imidazole rings is 1. The van der Waals surface area contributed by atoms with Gasteiger partial charge in [0, 0.05) is 38.7 Å². The number of anilines is 1. The maximum atomic E-state index is 5.50. The van der Waals surface area contributed by atoms with Crippen LogP contribution in [-0.2, 0) is 11.8 Å². The van der Waals surface area contributed by atoms with Crippen molar-refractivity contribution < 1.29 is 9.47 Å². The lowest BCUT2D eigenvalue weighted by Gasteiger charge is -2.31. The second-order valence-electron chi connectivity index (χ2n) is 5.64. The zero-order valence-electron chi connectivity index (χ0n) is 13.6. The van der Waals surface area contributed by atoms with Crippen molar-refractivity contribution in [2.24, 2.45) is 13.0 Å². The van der Waals surface area contributed by atoms with E-state index in [9.17, 15) is 0 Å². The number of hydrogen-bond donors (Lipinski definition) is 1. The Kier molecular flexibility index (Phi) is 5.07. The summed E-state index contributed by atoms with van der Waals surface area (Å²) in [6.07, 6.45) is 7.33. The van der Waals surface area contributed by atoms with E-state index in [1.165, 1.54) is 6.33 Å². The van der Waals surface area contributed by atoms with E-state index < -0.39 is 0 Å². The maximum absolute atomic E-state index is 5.50. The lowest BCUT2D eigenvalue weighted by atomic mass is 9.91. The van der Waals surface area contributed by atoms with Gasteiger partial charge < -0.3 is 19.4 Å². The van der Waals surface area contributed by atoms with Gasteiger partial charge in [-0.15, -0.1) is 0 Å². The number of nitrogens with one attached hydrogen (secondary N) is 1. The van der Waals surface area contributed by atoms with Gasteiger partial charge in [-0.25, -0.2) is 15.0 Å². The lowest BCUT2D eigenvalue weighted by molar-refractivity contribution is 0.0594. The SMILES string of the molecule is CCOc1cc(NC(c2nccn2C)C2CCOCC2)ncn1. The van der Waals surface area contributed by atoms with Crippen LogP contribution in [0.5, 0.6) is 5.88 Å². The Morgan fingerprint density at radius 1 is 1.35 bits per heavy atom. The van der Waals surface area contributed by atoms with Crippen LogP contribution in [0.25, 0.3) is 0 Å². The Morgan fingerprint density at radius 2 is 2.17 bits per heavy atom. The predicted molar refractivity (Wildman–Crippen MR) is 86.3 cm³/mol. The quantitative estimate of drug-likeness (QED) is 0.880. The molecule has 0 aliphatic carbocycles. The topological polar surface area (TPSA) is 74.1 Å². The lowest BCUT2D eigenvalue weighted by Crippen LogP contribution is -2.29. The Hall–Kier alpha value is -2.15. The molecule has 2 aromatic rings. The molecule has 1 aliphatic rings. The van der Waals surface area contributed by atoms with Crippen LogP contribution >= 0.6 is 0 Å². The minimum Gasteiger partial charge on any atom is -0.478 e. The molecule has 2 aromatic heterocycles. The van der Waals surface area contributed by atoms with Crippen molar-refractivity contribution in [3.8, 4) is 5.88 Å². The van der Waals surface area contributed by atoms with E-state index >= 15 is 0 Å². The van der Waals surface area contributed by atoms with Crippen molar-refractivity contribution in [1.82, 2.24) is 19.5 Å². The zero-order valence-corrected chi connectivity index (χ0v) is 13.6. The van der Waals surface area contributed by atoms with Gasteiger partial charge in [-0.05, 0) is 25.7 Å². The number of aryl methyl sites for hydroxylation is 1. The molecule has 0 spiro atoms. The van der Waals surface area contributed by atoms with Crippen molar-refractivity contribution in [3.05, 3.63) is 30.6 Å². The van der Waals surface area contributed by atoms with Gasteiger partial charge in [-0.2, -0.15) is 0 Å². The van der Waals surface area contributed by atoms with Crippen molar-refractivity contribution in [2.45, 2.75) is 25.8 Å². The molecule has 1 unspecified atom stereocenters. The highest BCUT2D eigenvalue weighted by atomic mass is 16.5. The normalized spacial score (nSPS) is 17.0. The summed E-state index contributed by atoms with van der Waals surface area (Å²) < 4.78 is 13.0. The number of rotatable bonds is 6. The van der Waals surface area contributed by atoms with E-state index in [4.69, 9.17) is 9.47 Å². The molecule has 0 saturated carbocycles. The first-order chi connectivity index (χ1) is 11.3. The summed E-state index contributed by atoms with van der Waals surface area (Å²) in [5.74, 6) is 2.79. The van der Waals surface area contributed by atoms with Crippen LogP contribution in [0.15, 0.2) is 24.8 Å². The molecule has 1 fully saturated rings. The third-order valence-electron chi connectivity index (χ3n) is 4.11. The molecule has 3 rings (SSSR count). The van der Waals surface area contributed by atoms with E-state index in [0.29, 0.717) is 18.4 Å². The first-order valence-corrected chi connectivity index (χ1v) is 8.04. The molecule has 1 atom stereocenters. The number of aromatic nitrogens is 4. The Bertz CT molecular complexity index is 624. The van der Waals surface area contributed by atoms with Crippen LogP contribution in [0.2, 0.25) is 0 Å². The molecule has 23 heavy (non-hydrogen) atoms. The van der Waals surface area contributed by atoms with Crippen molar-refractivity contribution >= 4 is 5.82 Å². The molecule has 0 radical (unpaired) electrons. The maximum Gasteiger partial charge on any atom is 0.218 e. The second kappa shape index (κ2) is 7.41. The number of nitrogens with zero attached hydrogens (tertiary/aromatic N) is 4. The van der Waals surface area contributed by atoms with Gasteiger partial charge in [0.15, 0.2) is 0 Å². The van der Waals surface area contributed by atoms with Gasteiger partial charge in [0.25, 0.3) is 0 Å². The van der Waals surface area contributed by atoms with E-state index in [0.717, 1.165) is 37.7 Å². The van der Waals surface area contributed by atoms with E-state index in [1.807, 2.05) is 32.4 Å². The van der Waals surface area contributed by atoms with Crippen LogP contribution in [0.1, 0.15) is 31.6 Å². The highest BCUT2D eigenvalue weighted by Crippen LogP contribution is 2.32. The van der Waals surface area contributed by atoms with Crippen molar-refractivity contribution in [2.75, 3.05) is 25.1 Å². The van der Waals surface area contributed by atoms with Crippen LogP contribution in [-0.4, -0.2) is 39.3 Å². The van der Waals surface area contributed by atoms with Crippen molar-refractivity contribution in [3.63, 3.8) is 0 Å². The van der Waals surface area contributed by atoms with Gasteiger partial charge >= 0.3 is 0 Å². The Morgan fingerprint density at radius 3 is 2.87 bits per heavy atom. The molecule has 1 N–H and O–H groups in total. The zero-order chi connectivity index (χ0) is 16.1. The predicted octanol–water partition coefficient (Wildman–Crippen LogP) is 2.19. The molecule has 3 heterocycles. The first kappa shape index (κ1) is 15.7. The molecule has 7 nitrogen and oxygen atoms in total. The minimum absolute atomic E-state index is 0.0864. The van der Waals surface area contributed by atoms with Crippen LogP contribution in [0.3, 0.4) is 0 Å². The van der Waals surface area contributed by atoms with Gasteiger partial charge in [-0.1, -0.05) is 0 Å². The Balaban J connectivity index is 1.83. The fraction of sp³-hybridized carbons (Fsp3) is 0.562. The molecule has 1 aliphatic heterocycles. The average molecular weight is 317 g/mol. The summed E-state index contributed by atoms with van der Waals surface area (Å²) in [5, 5.41) is 3.52. The molecule has 1 saturated heterocycles. The monoisotopic (exact) mass is 317 g/mol. The van der Waals surface area contributed by atoms with Gasteiger partial charge in [0.2, 0.25) is 5.88 Å². The standard InChI is InChI=1S/C16H23N5O2/c1-3-23-14-10-13(18-11-19-14)20-15(12-4-8-22-9-5-12)16-17-6-7-21(16)2/h6-7,10-12,15H,3-5,8-9H2,1-2H3,(H,18,19,20). The number of hydrogen-bond acceptors (Lipinski definition) is 6. The van der Waals surface area contributed by atoms with E-state index in [-0.39, 0.29) is 6.04 Å². The smallest absolute Gasteiger partial charge is 0.218 e. The second-order valence-corrected chi connectivity index (χ2v) is 5.64. The molecule has 0 bridgehead atoms. The molecular formula is C16H23N5O2. The molecular weight excluding hydrogens is 294 g/mol. The molecule has 0 aromatic carbocycles. The largest absolute Gasteiger partial charge is 0.478 e. The Labute approximate surface area is 136 Å². The van der Waals surface area contributed by atoms with Crippen LogP contribution in [0, 0.1) is 5.92 Å². The highest BCUT2D eigenvalue weighted by molar-refractivity contribution is 5.39. The first-order valence-electron chi connectivity index (χ1n) is 8.04. The van der Waals surface area contributed by atoms with Crippen LogP contribution in [0.4, 0.5) is 5.82 Å². The summed E-state index contributed by atoms with van der Waals surface area (Å²) in [7, 11) is 2.02. The van der Waals surface area contributed by atoms with E-state index in [2.05, 4.69) is 24.8 Å². The summed E-state index contributed by atoms with van der Waals surface area (Å²) in [5.41, 5.74) is 0. The molecule has 124 valence electrons. The van der Waals surface area contributed by atoms with Gasteiger partial charge in [0.1, 0.15) is 18.0 Å². The van der Waals surface area contributed by atoms with E-state index in [1.54, 1.807) is 0 Å². The third-order valence-corrected chi connectivity index (χ3v) is 4.11. The van der Waals surface area contributed by atoms with Crippen molar-refractivity contribution in [1.29, 1.82) is 0 Å². The fourth-order valence-electron chi connectivity index (χ4n) is 2.92. The summed E-state index contributed by atoms with van der Waals surface area (Å²) in [6, 6.07) is 1.92. The summed E-state index contributed by atoms with van der Waals surface area (Å²) >= 11 is 0. The summed E-state index contributed by atoms with van der Waals surface area (Å²) in [4.78, 5) is 13.0. The third kappa shape index (κ3) is 3.79. The average Bonchev–Trinajstić information content (AvgIpc) is 3.00. The van der Waals surface area contributed by atoms with Gasteiger partial charge in [-0.3, -0.25) is 0 Å². The van der Waals surface area contributed by atoms with Crippen LogP contribution < -0.4 is 10.1 Å². The fourth-order valence-corrected chi connectivity index (χ4v) is 2.92. The minimum atomic E-state index is 0.0864. The highest BCUT2D eigenvalue weighted by Gasteiger charge is 2.28. The summed E-state index contributed by atoms with van der Waals surface area (Å²) in [6.45, 7) is 4.11. The van der Waals surface area contributed by atoms with Gasteiger partial charge in [0.05, 0.1) is 12.6 Å². The molecule has 7 heteroatoms.